The monoisotopic (exact) mass is 263 g/mol. The van der Waals surface area contributed by atoms with Crippen LogP contribution in [-0.2, 0) is 9.53 Å². The van der Waals surface area contributed by atoms with E-state index in [1.807, 2.05) is 52.0 Å². The van der Waals surface area contributed by atoms with Crippen LogP contribution in [0.25, 0.3) is 0 Å². The highest BCUT2D eigenvalue weighted by molar-refractivity contribution is 6.37. The third-order valence-corrected chi connectivity index (χ3v) is 2.42. The summed E-state index contributed by atoms with van der Waals surface area (Å²) in [6, 6.07) is 7.24. The second kappa shape index (κ2) is 6.92. The topological polar surface area (TPSA) is 47.9 Å². The molecule has 0 aliphatic rings. The molecule has 1 aromatic rings. The zero-order valence-corrected chi connectivity index (χ0v) is 12.1. The largest absolute Gasteiger partial charge is 0.497 e. The molecule has 0 bridgehead atoms. The van der Waals surface area contributed by atoms with Crippen molar-refractivity contribution in [1.29, 1.82) is 0 Å². The maximum atomic E-state index is 11.9. The van der Waals surface area contributed by atoms with E-state index in [0.29, 0.717) is 11.4 Å². The Morgan fingerprint density at radius 2 is 1.68 bits per heavy atom. The van der Waals surface area contributed by atoms with Crippen molar-refractivity contribution in [3.8, 4) is 5.75 Å². The lowest BCUT2D eigenvalue weighted by atomic mass is 10.1. The second-order valence-corrected chi connectivity index (χ2v) is 4.80. The molecule has 19 heavy (non-hydrogen) atoms. The van der Waals surface area contributed by atoms with Gasteiger partial charge in [0.05, 0.1) is 18.9 Å². The molecular weight excluding hydrogens is 242 g/mol. The van der Waals surface area contributed by atoms with Crippen LogP contribution >= 0.6 is 0 Å². The van der Waals surface area contributed by atoms with Crippen LogP contribution in [0.5, 0.6) is 5.75 Å². The molecule has 0 fully saturated rings. The summed E-state index contributed by atoms with van der Waals surface area (Å²) >= 11 is 0. The first-order valence-corrected chi connectivity index (χ1v) is 6.37. The standard InChI is InChI=1S/C15H21NO3/c1-10(2)14(15(17)19-11(3)4)16-12-6-8-13(18-5)9-7-12/h6-11H,1-5H3/b16-14-. The highest BCUT2D eigenvalue weighted by Crippen LogP contribution is 2.19. The summed E-state index contributed by atoms with van der Waals surface area (Å²) in [4.78, 5) is 16.3. The Morgan fingerprint density at radius 1 is 1.11 bits per heavy atom. The lowest BCUT2D eigenvalue weighted by Crippen LogP contribution is -2.25. The Kier molecular flexibility index (Phi) is 5.55. The molecule has 0 radical (unpaired) electrons. The van der Waals surface area contributed by atoms with Crippen LogP contribution < -0.4 is 4.74 Å². The molecule has 0 spiro atoms. The van der Waals surface area contributed by atoms with Crippen molar-refractivity contribution in [2.24, 2.45) is 10.9 Å². The first-order valence-electron chi connectivity index (χ1n) is 6.37. The first kappa shape index (κ1) is 15.2. The quantitative estimate of drug-likeness (QED) is 0.604. The van der Waals surface area contributed by atoms with Gasteiger partial charge in [-0.25, -0.2) is 9.79 Å². The number of carbonyl (C=O) groups is 1. The molecule has 0 saturated carbocycles. The molecule has 4 heteroatoms. The maximum absolute atomic E-state index is 11.9. The van der Waals surface area contributed by atoms with Crippen molar-refractivity contribution in [2.45, 2.75) is 33.8 Å². The number of esters is 1. The van der Waals surface area contributed by atoms with Crippen molar-refractivity contribution in [3.05, 3.63) is 24.3 Å². The Hall–Kier alpha value is -1.84. The van der Waals surface area contributed by atoms with Gasteiger partial charge in [0.25, 0.3) is 0 Å². The van der Waals surface area contributed by atoms with Crippen LogP contribution in [0.4, 0.5) is 5.69 Å². The number of ether oxygens (including phenoxy) is 2. The minimum Gasteiger partial charge on any atom is -0.497 e. The number of nitrogens with zero attached hydrogens (tertiary/aromatic N) is 1. The van der Waals surface area contributed by atoms with E-state index in [0.717, 1.165) is 5.75 Å². The number of hydrogen-bond acceptors (Lipinski definition) is 4. The number of carbonyl (C=O) groups excluding carboxylic acids is 1. The highest BCUT2D eigenvalue weighted by Gasteiger charge is 2.18. The van der Waals surface area contributed by atoms with Gasteiger partial charge in [-0.1, -0.05) is 13.8 Å². The predicted octanol–water partition coefficient (Wildman–Crippen LogP) is 3.38. The van der Waals surface area contributed by atoms with Crippen LogP contribution in [-0.4, -0.2) is 24.9 Å². The first-order chi connectivity index (χ1) is 8.93. The molecule has 0 amide bonds. The van der Waals surface area contributed by atoms with Crippen LogP contribution in [0.2, 0.25) is 0 Å². The van der Waals surface area contributed by atoms with Gasteiger partial charge >= 0.3 is 5.97 Å². The van der Waals surface area contributed by atoms with Gasteiger partial charge in [-0.05, 0) is 38.1 Å². The molecule has 0 aliphatic carbocycles. The molecule has 0 N–H and O–H groups in total. The van der Waals surface area contributed by atoms with E-state index in [-0.39, 0.29) is 18.0 Å². The lowest BCUT2D eigenvalue weighted by molar-refractivity contribution is -0.139. The molecule has 0 heterocycles. The fourth-order valence-electron chi connectivity index (χ4n) is 1.48. The van der Waals surface area contributed by atoms with Gasteiger partial charge in [0.1, 0.15) is 11.5 Å². The number of methoxy groups -OCH3 is 1. The van der Waals surface area contributed by atoms with E-state index in [9.17, 15) is 4.79 Å². The summed E-state index contributed by atoms with van der Waals surface area (Å²) < 4.78 is 10.3. The maximum Gasteiger partial charge on any atom is 0.353 e. The van der Waals surface area contributed by atoms with Crippen molar-refractivity contribution >= 4 is 17.4 Å². The van der Waals surface area contributed by atoms with Crippen LogP contribution in [0.3, 0.4) is 0 Å². The fourth-order valence-corrected chi connectivity index (χ4v) is 1.48. The molecule has 1 rings (SSSR count). The minimum absolute atomic E-state index is 0.00773. The van der Waals surface area contributed by atoms with Gasteiger partial charge in [-0.3, -0.25) is 0 Å². The third kappa shape index (κ3) is 4.73. The van der Waals surface area contributed by atoms with Crippen LogP contribution in [0, 0.1) is 5.92 Å². The molecule has 0 saturated heterocycles. The van der Waals surface area contributed by atoms with E-state index in [2.05, 4.69) is 4.99 Å². The number of aliphatic imine (C=N–C) groups is 1. The van der Waals surface area contributed by atoms with E-state index in [1.165, 1.54) is 0 Å². The summed E-state index contributed by atoms with van der Waals surface area (Å²) in [6.45, 7) is 7.49. The molecule has 1 aromatic carbocycles. The number of rotatable bonds is 5. The molecule has 104 valence electrons. The van der Waals surface area contributed by atoms with Gasteiger partial charge < -0.3 is 9.47 Å². The van der Waals surface area contributed by atoms with Gasteiger partial charge in [-0.2, -0.15) is 0 Å². The van der Waals surface area contributed by atoms with Gasteiger partial charge in [0.2, 0.25) is 0 Å². The average molecular weight is 263 g/mol. The molecule has 0 atom stereocenters. The van der Waals surface area contributed by atoms with E-state index >= 15 is 0 Å². The van der Waals surface area contributed by atoms with E-state index in [1.54, 1.807) is 7.11 Å². The summed E-state index contributed by atoms with van der Waals surface area (Å²) in [5, 5.41) is 0. The van der Waals surface area contributed by atoms with E-state index < -0.39 is 0 Å². The number of hydrogen-bond donors (Lipinski definition) is 0. The van der Waals surface area contributed by atoms with Crippen molar-refractivity contribution in [3.63, 3.8) is 0 Å². The predicted molar refractivity (Wildman–Crippen MR) is 76.2 cm³/mol. The lowest BCUT2D eigenvalue weighted by Gasteiger charge is -2.12. The Morgan fingerprint density at radius 3 is 2.11 bits per heavy atom. The van der Waals surface area contributed by atoms with Crippen molar-refractivity contribution in [2.75, 3.05) is 7.11 Å². The smallest absolute Gasteiger partial charge is 0.353 e. The molecule has 0 aliphatic heterocycles. The average Bonchev–Trinajstić information content (AvgIpc) is 2.35. The van der Waals surface area contributed by atoms with E-state index in [4.69, 9.17) is 9.47 Å². The minimum atomic E-state index is -0.360. The molecule has 4 nitrogen and oxygen atoms in total. The van der Waals surface area contributed by atoms with Crippen molar-refractivity contribution < 1.29 is 14.3 Å². The zero-order valence-electron chi connectivity index (χ0n) is 12.1. The Balaban J connectivity index is 2.96. The third-order valence-electron chi connectivity index (χ3n) is 2.42. The SMILES string of the molecule is COc1ccc(/N=C(\C(=O)OC(C)C)C(C)C)cc1. The molecule has 0 unspecified atom stereocenters. The molecule has 0 aromatic heterocycles. The number of benzene rings is 1. The summed E-state index contributed by atoms with van der Waals surface area (Å²) in [6.07, 6.45) is -0.146. The summed E-state index contributed by atoms with van der Waals surface area (Å²) in [7, 11) is 1.61. The second-order valence-electron chi connectivity index (χ2n) is 4.80. The highest BCUT2D eigenvalue weighted by atomic mass is 16.5. The zero-order chi connectivity index (χ0) is 14.4. The Labute approximate surface area is 114 Å². The van der Waals surface area contributed by atoms with Crippen LogP contribution in [0.1, 0.15) is 27.7 Å². The summed E-state index contributed by atoms with van der Waals surface area (Å²) in [5.74, 6) is 0.406. The Bertz CT molecular complexity index is 447. The molecular formula is C15H21NO3. The summed E-state index contributed by atoms with van der Waals surface area (Å²) in [5.41, 5.74) is 1.14. The van der Waals surface area contributed by atoms with Crippen LogP contribution in [0.15, 0.2) is 29.3 Å². The van der Waals surface area contributed by atoms with Gasteiger partial charge in [0.15, 0.2) is 0 Å². The fraction of sp³-hybridized carbons (Fsp3) is 0.467. The normalized spacial score (nSPS) is 11.8. The van der Waals surface area contributed by atoms with Crippen molar-refractivity contribution in [1.82, 2.24) is 0 Å². The van der Waals surface area contributed by atoms with Gasteiger partial charge in [0, 0.05) is 5.92 Å². The van der Waals surface area contributed by atoms with Gasteiger partial charge in [-0.15, -0.1) is 0 Å².